The second kappa shape index (κ2) is 5.58. The van der Waals surface area contributed by atoms with Gasteiger partial charge in [-0.15, -0.1) is 0 Å². The fourth-order valence-corrected chi connectivity index (χ4v) is 1.34. The first-order valence-electron chi connectivity index (χ1n) is 5.32. The molecule has 1 aromatic rings. The Kier molecular flexibility index (Phi) is 4.39. The van der Waals surface area contributed by atoms with Crippen molar-refractivity contribution in [2.24, 2.45) is 0 Å². The van der Waals surface area contributed by atoms with E-state index in [1.807, 2.05) is 0 Å². The predicted molar refractivity (Wildman–Crippen MR) is 62.6 cm³/mol. The van der Waals surface area contributed by atoms with E-state index in [1.54, 1.807) is 6.92 Å². The van der Waals surface area contributed by atoms with Gasteiger partial charge in [-0.2, -0.15) is 0 Å². The van der Waals surface area contributed by atoms with E-state index in [4.69, 9.17) is 0 Å². The molecule has 0 aliphatic carbocycles. The molecular weight excluding hydrogens is 227 g/mol. The van der Waals surface area contributed by atoms with Crippen LogP contribution in [0.4, 0.5) is 15.8 Å². The van der Waals surface area contributed by atoms with Gasteiger partial charge in [0, 0.05) is 6.54 Å². The molecule has 5 nitrogen and oxygen atoms in total. The SMILES string of the molecule is CCC(O)CNc1cc(C)c(F)cc1[N+](=O)[O-]. The lowest BCUT2D eigenvalue weighted by Crippen LogP contribution is -2.18. The van der Waals surface area contributed by atoms with Gasteiger partial charge in [0.25, 0.3) is 5.69 Å². The van der Waals surface area contributed by atoms with Crippen LogP contribution in [0.2, 0.25) is 0 Å². The second-order valence-corrected chi connectivity index (χ2v) is 3.82. The summed E-state index contributed by atoms with van der Waals surface area (Å²) in [4.78, 5) is 10.1. The highest BCUT2D eigenvalue weighted by molar-refractivity contribution is 5.63. The first-order valence-corrected chi connectivity index (χ1v) is 5.32. The van der Waals surface area contributed by atoms with Crippen molar-refractivity contribution >= 4 is 11.4 Å². The highest BCUT2D eigenvalue weighted by Crippen LogP contribution is 2.27. The highest BCUT2D eigenvalue weighted by Gasteiger charge is 2.17. The van der Waals surface area contributed by atoms with E-state index in [2.05, 4.69) is 5.32 Å². The van der Waals surface area contributed by atoms with Crippen molar-refractivity contribution in [1.29, 1.82) is 0 Å². The number of benzene rings is 1. The summed E-state index contributed by atoms with van der Waals surface area (Å²) in [5.74, 6) is -0.613. The average molecular weight is 242 g/mol. The standard InChI is InChI=1S/C11H15FN2O3/c1-3-8(15)6-13-10-4-7(2)9(12)5-11(10)14(16)17/h4-5,8,13,15H,3,6H2,1-2H3. The van der Waals surface area contributed by atoms with Crippen molar-refractivity contribution in [3.63, 3.8) is 0 Å². The maximum absolute atomic E-state index is 13.2. The molecular formula is C11H15FN2O3. The molecule has 1 rings (SSSR count). The molecule has 0 bridgehead atoms. The number of nitro groups is 1. The lowest BCUT2D eigenvalue weighted by atomic mass is 10.1. The van der Waals surface area contributed by atoms with Gasteiger partial charge in [0.15, 0.2) is 0 Å². The van der Waals surface area contributed by atoms with Crippen molar-refractivity contribution in [3.8, 4) is 0 Å². The first kappa shape index (κ1) is 13.4. The van der Waals surface area contributed by atoms with E-state index < -0.39 is 16.8 Å². The Labute approximate surface area is 98.4 Å². The van der Waals surface area contributed by atoms with Gasteiger partial charge >= 0.3 is 0 Å². The van der Waals surface area contributed by atoms with E-state index in [0.717, 1.165) is 6.07 Å². The molecule has 1 aromatic carbocycles. The maximum Gasteiger partial charge on any atom is 0.295 e. The molecule has 0 aromatic heterocycles. The number of aryl methyl sites for hydroxylation is 1. The number of aliphatic hydroxyl groups is 1. The van der Waals surface area contributed by atoms with Crippen molar-refractivity contribution in [1.82, 2.24) is 0 Å². The minimum Gasteiger partial charge on any atom is -0.391 e. The Balaban J connectivity index is 2.96. The zero-order valence-electron chi connectivity index (χ0n) is 9.74. The van der Waals surface area contributed by atoms with E-state index in [9.17, 15) is 19.6 Å². The largest absolute Gasteiger partial charge is 0.391 e. The fourth-order valence-electron chi connectivity index (χ4n) is 1.34. The van der Waals surface area contributed by atoms with Gasteiger partial charge < -0.3 is 10.4 Å². The molecule has 1 unspecified atom stereocenters. The normalized spacial score (nSPS) is 12.2. The van der Waals surface area contributed by atoms with Crippen LogP contribution < -0.4 is 5.32 Å². The number of hydrogen-bond donors (Lipinski definition) is 2. The molecule has 0 heterocycles. The number of anilines is 1. The summed E-state index contributed by atoms with van der Waals surface area (Å²) in [5.41, 5.74) is 0.224. The lowest BCUT2D eigenvalue weighted by molar-refractivity contribution is -0.384. The van der Waals surface area contributed by atoms with Crippen LogP contribution in [0.3, 0.4) is 0 Å². The number of nitro benzene ring substituents is 1. The number of hydrogen-bond acceptors (Lipinski definition) is 4. The summed E-state index contributed by atoms with van der Waals surface area (Å²) in [7, 11) is 0. The van der Waals surface area contributed by atoms with Gasteiger partial charge in [-0.05, 0) is 25.0 Å². The van der Waals surface area contributed by atoms with Crippen LogP contribution in [-0.2, 0) is 0 Å². The van der Waals surface area contributed by atoms with Gasteiger partial charge in [0.1, 0.15) is 11.5 Å². The van der Waals surface area contributed by atoms with Crippen LogP contribution in [0.15, 0.2) is 12.1 Å². The third kappa shape index (κ3) is 3.39. The number of rotatable bonds is 5. The minimum absolute atomic E-state index is 0.197. The van der Waals surface area contributed by atoms with Crippen LogP contribution in [0.1, 0.15) is 18.9 Å². The van der Waals surface area contributed by atoms with Gasteiger partial charge in [-0.3, -0.25) is 10.1 Å². The summed E-state index contributed by atoms with van der Waals surface area (Å²) in [6.45, 7) is 3.53. The summed E-state index contributed by atoms with van der Waals surface area (Å²) in [5, 5.41) is 22.9. The summed E-state index contributed by atoms with van der Waals surface area (Å²) in [6.07, 6.45) is -0.0407. The highest BCUT2D eigenvalue weighted by atomic mass is 19.1. The third-order valence-electron chi connectivity index (χ3n) is 2.47. The van der Waals surface area contributed by atoms with Gasteiger partial charge in [0.05, 0.1) is 17.1 Å². The zero-order valence-corrected chi connectivity index (χ0v) is 9.74. The van der Waals surface area contributed by atoms with Gasteiger partial charge in [-0.1, -0.05) is 6.92 Å². The molecule has 0 aliphatic rings. The van der Waals surface area contributed by atoms with Gasteiger partial charge in [0.2, 0.25) is 0 Å². The fraction of sp³-hybridized carbons (Fsp3) is 0.455. The second-order valence-electron chi connectivity index (χ2n) is 3.82. The number of halogens is 1. The lowest BCUT2D eigenvalue weighted by Gasteiger charge is -2.11. The van der Waals surface area contributed by atoms with Crippen molar-refractivity contribution in [3.05, 3.63) is 33.6 Å². The van der Waals surface area contributed by atoms with Crippen LogP contribution in [0.5, 0.6) is 0 Å². The van der Waals surface area contributed by atoms with E-state index in [0.29, 0.717) is 12.0 Å². The van der Waals surface area contributed by atoms with Crippen LogP contribution in [0, 0.1) is 22.9 Å². The zero-order chi connectivity index (χ0) is 13.0. The average Bonchev–Trinajstić information content (AvgIpc) is 2.29. The topological polar surface area (TPSA) is 75.4 Å². The molecule has 0 saturated carbocycles. The molecule has 0 saturated heterocycles. The molecule has 2 N–H and O–H groups in total. The van der Waals surface area contributed by atoms with E-state index in [-0.39, 0.29) is 17.9 Å². The predicted octanol–water partition coefficient (Wildman–Crippen LogP) is 2.23. The molecule has 6 heteroatoms. The van der Waals surface area contributed by atoms with Crippen molar-refractivity contribution in [2.75, 3.05) is 11.9 Å². The van der Waals surface area contributed by atoms with Crippen molar-refractivity contribution < 1.29 is 14.4 Å². The van der Waals surface area contributed by atoms with E-state index in [1.165, 1.54) is 13.0 Å². The summed E-state index contributed by atoms with van der Waals surface area (Å²) in [6, 6.07) is 2.26. The molecule has 0 fully saturated rings. The molecule has 0 spiro atoms. The Morgan fingerprint density at radius 3 is 2.76 bits per heavy atom. The van der Waals surface area contributed by atoms with Crippen LogP contribution in [0.25, 0.3) is 0 Å². The monoisotopic (exact) mass is 242 g/mol. The van der Waals surface area contributed by atoms with Crippen molar-refractivity contribution in [2.45, 2.75) is 26.4 Å². The minimum atomic E-state index is -0.650. The number of nitrogens with zero attached hydrogens (tertiary/aromatic N) is 1. The first-order chi connectivity index (χ1) is 7.95. The Morgan fingerprint density at radius 1 is 1.59 bits per heavy atom. The van der Waals surface area contributed by atoms with Crippen LogP contribution >= 0.6 is 0 Å². The van der Waals surface area contributed by atoms with Crippen LogP contribution in [-0.4, -0.2) is 22.7 Å². The van der Waals surface area contributed by atoms with E-state index >= 15 is 0 Å². The Morgan fingerprint density at radius 2 is 2.24 bits per heavy atom. The number of nitrogens with one attached hydrogen (secondary N) is 1. The summed E-state index contributed by atoms with van der Waals surface area (Å²) < 4.78 is 13.2. The van der Waals surface area contributed by atoms with Gasteiger partial charge in [-0.25, -0.2) is 4.39 Å². The molecule has 1 atom stereocenters. The third-order valence-corrected chi connectivity index (χ3v) is 2.47. The maximum atomic E-state index is 13.2. The molecule has 0 aliphatic heterocycles. The smallest absolute Gasteiger partial charge is 0.295 e. The quantitative estimate of drug-likeness (QED) is 0.613. The molecule has 17 heavy (non-hydrogen) atoms. The number of aliphatic hydroxyl groups excluding tert-OH is 1. The molecule has 94 valence electrons. The molecule has 0 amide bonds. The Hall–Kier alpha value is -1.69. The Bertz CT molecular complexity index is 423. The molecule has 0 radical (unpaired) electrons. The summed E-state index contributed by atoms with van der Waals surface area (Å²) >= 11 is 0.